The van der Waals surface area contributed by atoms with Gasteiger partial charge in [-0.2, -0.15) is 0 Å². The lowest BCUT2D eigenvalue weighted by atomic mass is 10.1. The maximum atomic E-state index is 12.4. The average molecular weight is 391 g/mol. The van der Waals surface area contributed by atoms with Crippen LogP contribution in [0.4, 0.5) is 0 Å². The van der Waals surface area contributed by atoms with Crippen LogP contribution in [0.5, 0.6) is 11.5 Å². The molecule has 0 N–H and O–H groups in total. The molecule has 0 fully saturated rings. The van der Waals surface area contributed by atoms with Gasteiger partial charge in [0.05, 0.1) is 5.56 Å². The van der Waals surface area contributed by atoms with E-state index in [1.54, 1.807) is 19.2 Å². The number of nitrogens with zero attached hydrogens (tertiary/aromatic N) is 1. The summed E-state index contributed by atoms with van der Waals surface area (Å²) in [5.41, 5.74) is 1.33. The normalized spacial score (nSPS) is 12.4. The molecule has 1 amide bonds. The Labute approximate surface area is 168 Å². The van der Waals surface area contributed by atoms with Crippen molar-refractivity contribution in [2.75, 3.05) is 26.9 Å². The summed E-state index contributed by atoms with van der Waals surface area (Å²) in [6.45, 7) is 1.11. The highest BCUT2D eigenvalue weighted by Crippen LogP contribution is 2.31. The minimum atomic E-state index is -0.517. The number of benzene rings is 3. The van der Waals surface area contributed by atoms with Crippen LogP contribution in [0.1, 0.15) is 15.9 Å². The van der Waals surface area contributed by atoms with Crippen molar-refractivity contribution in [2.45, 2.75) is 6.54 Å². The maximum absolute atomic E-state index is 12.4. The monoisotopic (exact) mass is 391 g/mol. The van der Waals surface area contributed by atoms with E-state index in [1.165, 1.54) is 4.90 Å². The van der Waals surface area contributed by atoms with E-state index >= 15 is 0 Å². The Bertz CT molecular complexity index is 1060. The van der Waals surface area contributed by atoms with Gasteiger partial charge >= 0.3 is 5.97 Å². The Morgan fingerprint density at radius 1 is 0.931 bits per heavy atom. The Hall–Kier alpha value is -3.54. The van der Waals surface area contributed by atoms with Crippen molar-refractivity contribution >= 4 is 22.6 Å². The molecular weight excluding hydrogens is 370 g/mol. The van der Waals surface area contributed by atoms with Gasteiger partial charge in [-0.15, -0.1) is 0 Å². The molecule has 6 heteroatoms. The zero-order valence-corrected chi connectivity index (χ0v) is 16.1. The fraction of sp³-hybridized carbons (Fsp3) is 0.217. The Kier molecular flexibility index (Phi) is 5.33. The molecule has 3 aromatic carbocycles. The van der Waals surface area contributed by atoms with Crippen molar-refractivity contribution in [3.63, 3.8) is 0 Å². The molecule has 0 aliphatic carbocycles. The van der Waals surface area contributed by atoms with Crippen molar-refractivity contribution in [1.29, 1.82) is 0 Å². The minimum absolute atomic E-state index is 0.283. The lowest BCUT2D eigenvalue weighted by Crippen LogP contribution is -2.30. The molecule has 0 unspecified atom stereocenters. The lowest BCUT2D eigenvalue weighted by molar-refractivity contribution is -0.133. The molecule has 0 radical (unpaired) electrons. The summed E-state index contributed by atoms with van der Waals surface area (Å²) < 4.78 is 16.3. The van der Waals surface area contributed by atoms with Crippen LogP contribution in [-0.2, 0) is 16.1 Å². The topological polar surface area (TPSA) is 65.1 Å². The van der Waals surface area contributed by atoms with Crippen molar-refractivity contribution in [1.82, 2.24) is 4.90 Å². The second-order valence-electron chi connectivity index (χ2n) is 6.87. The van der Waals surface area contributed by atoms with E-state index in [4.69, 9.17) is 14.2 Å². The summed E-state index contributed by atoms with van der Waals surface area (Å²) in [5, 5.41) is 1.99. The van der Waals surface area contributed by atoms with Gasteiger partial charge in [0.2, 0.25) is 0 Å². The molecule has 4 rings (SSSR count). The Morgan fingerprint density at radius 2 is 1.69 bits per heavy atom. The van der Waals surface area contributed by atoms with E-state index in [1.807, 2.05) is 48.5 Å². The number of amides is 1. The molecule has 0 aromatic heterocycles. The largest absolute Gasteiger partial charge is 0.486 e. The van der Waals surface area contributed by atoms with Crippen LogP contribution in [0.15, 0.2) is 60.7 Å². The SMILES string of the molecule is CN(Cc1ccc2c(c1)OCCO2)C(=O)COC(=O)c1ccc2ccccc2c1. The van der Waals surface area contributed by atoms with Gasteiger partial charge in [0.1, 0.15) is 13.2 Å². The first-order valence-corrected chi connectivity index (χ1v) is 9.38. The van der Waals surface area contributed by atoms with E-state index in [0.29, 0.717) is 36.8 Å². The first-order chi connectivity index (χ1) is 14.1. The summed E-state index contributed by atoms with van der Waals surface area (Å²) in [7, 11) is 1.67. The molecule has 1 aliphatic rings. The van der Waals surface area contributed by atoms with Crippen LogP contribution in [0.25, 0.3) is 10.8 Å². The number of ether oxygens (including phenoxy) is 3. The summed E-state index contributed by atoms with van der Waals surface area (Å²) in [6.07, 6.45) is 0. The molecule has 0 bridgehead atoms. The second kappa shape index (κ2) is 8.22. The van der Waals surface area contributed by atoms with Crippen LogP contribution >= 0.6 is 0 Å². The van der Waals surface area contributed by atoms with E-state index in [0.717, 1.165) is 16.3 Å². The van der Waals surface area contributed by atoms with Crippen LogP contribution in [0.2, 0.25) is 0 Å². The summed E-state index contributed by atoms with van der Waals surface area (Å²) >= 11 is 0. The van der Waals surface area contributed by atoms with Gasteiger partial charge in [0.15, 0.2) is 18.1 Å². The maximum Gasteiger partial charge on any atom is 0.338 e. The molecule has 0 saturated carbocycles. The van der Waals surface area contributed by atoms with Gasteiger partial charge in [0.25, 0.3) is 5.91 Å². The predicted molar refractivity (Wildman–Crippen MR) is 108 cm³/mol. The van der Waals surface area contributed by atoms with Crippen molar-refractivity contribution in [3.05, 3.63) is 71.8 Å². The van der Waals surface area contributed by atoms with Gasteiger partial charge in [-0.3, -0.25) is 4.79 Å². The zero-order valence-electron chi connectivity index (χ0n) is 16.1. The third-order valence-electron chi connectivity index (χ3n) is 4.76. The highest BCUT2D eigenvalue weighted by Gasteiger charge is 2.16. The smallest absolute Gasteiger partial charge is 0.338 e. The van der Waals surface area contributed by atoms with Gasteiger partial charge in [-0.1, -0.05) is 36.4 Å². The first kappa shape index (κ1) is 18.8. The van der Waals surface area contributed by atoms with Crippen LogP contribution in [0.3, 0.4) is 0 Å². The summed E-state index contributed by atoms with van der Waals surface area (Å²) in [6, 6.07) is 18.7. The van der Waals surface area contributed by atoms with Crippen LogP contribution < -0.4 is 9.47 Å². The van der Waals surface area contributed by atoms with Crippen LogP contribution in [-0.4, -0.2) is 43.6 Å². The van der Waals surface area contributed by atoms with Gasteiger partial charge in [-0.25, -0.2) is 4.79 Å². The number of hydrogen-bond donors (Lipinski definition) is 0. The molecular formula is C23H21NO5. The number of hydrogen-bond acceptors (Lipinski definition) is 5. The third kappa shape index (κ3) is 4.32. The molecule has 6 nitrogen and oxygen atoms in total. The quantitative estimate of drug-likeness (QED) is 0.624. The van der Waals surface area contributed by atoms with Gasteiger partial charge < -0.3 is 19.1 Å². The molecule has 1 heterocycles. The fourth-order valence-electron chi connectivity index (χ4n) is 3.19. The highest BCUT2D eigenvalue weighted by molar-refractivity contribution is 5.96. The number of likely N-dealkylation sites (N-methyl/N-ethyl adjacent to an activating group) is 1. The zero-order chi connectivity index (χ0) is 20.2. The van der Waals surface area contributed by atoms with Crippen molar-refractivity contribution < 1.29 is 23.8 Å². The summed E-state index contributed by atoms with van der Waals surface area (Å²) in [5.74, 6) is 0.585. The molecule has 29 heavy (non-hydrogen) atoms. The Balaban J connectivity index is 1.34. The third-order valence-corrected chi connectivity index (χ3v) is 4.76. The van der Waals surface area contributed by atoms with Crippen molar-refractivity contribution in [3.8, 4) is 11.5 Å². The fourth-order valence-corrected chi connectivity index (χ4v) is 3.19. The average Bonchev–Trinajstić information content (AvgIpc) is 2.76. The van der Waals surface area contributed by atoms with E-state index in [9.17, 15) is 9.59 Å². The number of rotatable bonds is 5. The molecule has 148 valence electrons. The van der Waals surface area contributed by atoms with E-state index in [-0.39, 0.29) is 12.5 Å². The minimum Gasteiger partial charge on any atom is -0.486 e. The molecule has 0 atom stereocenters. The first-order valence-electron chi connectivity index (χ1n) is 9.38. The molecule has 0 saturated heterocycles. The van der Waals surface area contributed by atoms with Gasteiger partial charge in [-0.05, 0) is 40.6 Å². The predicted octanol–water partition coefficient (Wildman–Crippen LogP) is 3.43. The number of carbonyl (C=O) groups is 2. The van der Waals surface area contributed by atoms with E-state index in [2.05, 4.69) is 0 Å². The molecule has 3 aromatic rings. The second-order valence-corrected chi connectivity index (χ2v) is 6.87. The van der Waals surface area contributed by atoms with Crippen molar-refractivity contribution in [2.24, 2.45) is 0 Å². The highest BCUT2D eigenvalue weighted by atomic mass is 16.6. The standard InChI is InChI=1S/C23H21NO5/c1-24(14-16-6-9-20-21(12-16)28-11-10-27-20)22(25)15-29-23(26)19-8-7-17-4-2-3-5-18(17)13-19/h2-9,12-13H,10-11,14-15H2,1H3. The molecule has 0 spiro atoms. The van der Waals surface area contributed by atoms with E-state index < -0.39 is 5.97 Å². The Morgan fingerprint density at radius 3 is 2.52 bits per heavy atom. The number of fused-ring (bicyclic) bond motifs is 2. The number of carbonyl (C=O) groups excluding carboxylic acids is 2. The molecule has 1 aliphatic heterocycles. The number of esters is 1. The van der Waals surface area contributed by atoms with Crippen LogP contribution in [0, 0.1) is 0 Å². The lowest BCUT2D eigenvalue weighted by Gasteiger charge is -2.21. The summed E-state index contributed by atoms with van der Waals surface area (Å²) in [4.78, 5) is 26.2. The van der Waals surface area contributed by atoms with Gasteiger partial charge in [0, 0.05) is 13.6 Å².